The highest BCUT2D eigenvalue weighted by atomic mass is 32.1. The maximum atomic E-state index is 13.1. The molecular formula is C20H16FN5O2S. The largest absolute Gasteiger partial charge is 0.279 e. The Morgan fingerprint density at radius 2 is 1.90 bits per heavy atom. The maximum Gasteiger partial charge on any atom is 0.279 e. The van der Waals surface area contributed by atoms with Gasteiger partial charge in [-0.1, -0.05) is 12.1 Å². The Hall–Kier alpha value is -3.59. The Balaban J connectivity index is 1.50. The smallest absolute Gasteiger partial charge is 0.267 e. The molecule has 29 heavy (non-hydrogen) atoms. The van der Waals surface area contributed by atoms with E-state index in [1.54, 1.807) is 41.2 Å². The second-order valence-corrected chi connectivity index (χ2v) is 7.38. The first kappa shape index (κ1) is 18.8. The van der Waals surface area contributed by atoms with E-state index in [2.05, 4.69) is 20.9 Å². The molecule has 0 aliphatic carbocycles. The maximum absolute atomic E-state index is 13.1. The van der Waals surface area contributed by atoms with Crippen LogP contribution in [0.15, 0.2) is 54.9 Å². The summed E-state index contributed by atoms with van der Waals surface area (Å²) in [5, 5.41) is 5.37. The van der Waals surface area contributed by atoms with E-state index < -0.39 is 11.8 Å². The van der Waals surface area contributed by atoms with Gasteiger partial charge in [-0.2, -0.15) is 5.10 Å². The molecule has 146 valence electrons. The van der Waals surface area contributed by atoms with E-state index in [1.807, 2.05) is 6.92 Å². The molecule has 0 saturated carbocycles. The number of fused-ring (bicyclic) bond motifs is 1. The fraction of sp³-hybridized carbons (Fsp3) is 0.100. The average molecular weight is 409 g/mol. The van der Waals surface area contributed by atoms with Gasteiger partial charge >= 0.3 is 0 Å². The van der Waals surface area contributed by atoms with Crippen LogP contribution in [0, 0.1) is 12.7 Å². The zero-order valence-electron chi connectivity index (χ0n) is 15.3. The van der Waals surface area contributed by atoms with Crippen LogP contribution < -0.4 is 10.9 Å². The van der Waals surface area contributed by atoms with E-state index in [4.69, 9.17) is 0 Å². The van der Waals surface area contributed by atoms with Gasteiger partial charge in [0.15, 0.2) is 0 Å². The molecule has 0 unspecified atom stereocenters. The molecule has 0 atom stereocenters. The van der Waals surface area contributed by atoms with Crippen molar-refractivity contribution in [2.45, 2.75) is 13.5 Å². The lowest BCUT2D eigenvalue weighted by molar-refractivity contribution is 0.0848. The summed E-state index contributed by atoms with van der Waals surface area (Å²) in [7, 11) is 0. The third kappa shape index (κ3) is 3.99. The average Bonchev–Trinajstić information content (AvgIpc) is 3.30. The first-order valence-electron chi connectivity index (χ1n) is 8.73. The summed E-state index contributed by atoms with van der Waals surface area (Å²) in [5.41, 5.74) is 6.83. The van der Waals surface area contributed by atoms with Crippen LogP contribution in [0.25, 0.3) is 10.2 Å². The van der Waals surface area contributed by atoms with Gasteiger partial charge in [0, 0.05) is 17.8 Å². The number of benzene rings is 1. The summed E-state index contributed by atoms with van der Waals surface area (Å²) in [6.07, 6.45) is 2.97. The monoisotopic (exact) mass is 409 g/mol. The van der Waals surface area contributed by atoms with Gasteiger partial charge < -0.3 is 0 Å². The van der Waals surface area contributed by atoms with Crippen LogP contribution in [0.2, 0.25) is 0 Å². The zero-order valence-corrected chi connectivity index (χ0v) is 16.2. The highest BCUT2D eigenvalue weighted by Gasteiger charge is 2.17. The molecule has 4 rings (SSSR count). The summed E-state index contributed by atoms with van der Waals surface area (Å²) in [4.78, 5) is 29.6. The zero-order chi connectivity index (χ0) is 20.4. The van der Waals surface area contributed by atoms with E-state index in [0.29, 0.717) is 17.0 Å². The van der Waals surface area contributed by atoms with Gasteiger partial charge in [0.1, 0.15) is 10.6 Å². The van der Waals surface area contributed by atoms with E-state index in [9.17, 15) is 14.0 Å². The molecule has 0 bridgehead atoms. The van der Waals surface area contributed by atoms with Gasteiger partial charge in [0.25, 0.3) is 11.8 Å². The van der Waals surface area contributed by atoms with Gasteiger partial charge in [0.2, 0.25) is 0 Å². The van der Waals surface area contributed by atoms with Crippen molar-refractivity contribution in [3.63, 3.8) is 0 Å². The number of rotatable bonds is 4. The summed E-state index contributed by atoms with van der Waals surface area (Å²) < 4.78 is 14.9. The lowest BCUT2D eigenvalue weighted by Crippen LogP contribution is -2.41. The molecular weight excluding hydrogens is 393 g/mol. The van der Waals surface area contributed by atoms with Crippen LogP contribution in [-0.4, -0.2) is 26.6 Å². The van der Waals surface area contributed by atoms with Crippen molar-refractivity contribution in [1.29, 1.82) is 0 Å². The Morgan fingerprint density at radius 1 is 1.14 bits per heavy atom. The van der Waals surface area contributed by atoms with Crippen molar-refractivity contribution < 1.29 is 14.0 Å². The third-order valence-corrected chi connectivity index (χ3v) is 5.44. The van der Waals surface area contributed by atoms with E-state index in [0.717, 1.165) is 21.5 Å². The number of carbonyl (C=O) groups excluding carboxylic acids is 2. The number of aryl methyl sites for hydroxylation is 1. The minimum Gasteiger partial charge on any atom is -0.267 e. The van der Waals surface area contributed by atoms with Crippen molar-refractivity contribution in [2.24, 2.45) is 0 Å². The second kappa shape index (κ2) is 7.80. The Morgan fingerprint density at radius 3 is 2.62 bits per heavy atom. The van der Waals surface area contributed by atoms with Crippen molar-refractivity contribution in [1.82, 2.24) is 25.6 Å². The highest BCUT2D eigenvalue weighted by molar-refractivity contribution is 7.20. The number of thiophene rings is 1. The van der Waals surface area contributed by atoms with Crippen molar-refractivity contribution in [2.75, 3.05) is 0 Å². The van der Waals surface area contributed by atoms with Gasteiger partial charge in [-0.25, -0.2) is 4.39 Å². The van der Waals surface area contributed by atoms with Crippen molar-refractivity contribution in [3.05, 3.63) is 82.4 Å². The molecule has 2 N–H and O–H groups in total. The van der Waals surface area contributed by atoms with Crippen LogP contribution in [0.4, 0.5) is 4.39 Å². The van der Waals surface area contributed by atoms with Crippen LogP contribution >= 0.6 is 11.3 Å². The molecule has 0 aliphatic rings. The highest BCUT2D eigenvalue weighted by Crippen LogP contribution is 2.28. The number of amides is 2. The fourth-order valence-electron chi connectivity index (χ4n) is 2.84. The number of pyridine rings is 1. The Bertz CT molecular complexity index is 1190. The summed E-state index contributed by atoms with van der Waals surface area (Å²) in [5.74, 6) is -1.17. The van der Waals surface area contributed by atoms with Gasteiger partial charge in [0.05, 0.1) is 22.7 Å². The normalized spacial score (nSPS) is 10.8. The number of halogens is 1. The van der Waals surface area contributed by atoms with Crippen LogP contribution in [-0.2, 0) is 6.54 Å². The third-order valence-electron chi connectivity index (χ3n) is 4.29. The number of nitrogens with zero attached hydrogens (tertiary/aromatic N) is 3. The molecule has 0 radical (unpaired) electrons. The number of hydrazine groups is 1. The molecule has 7 nitrogen and oxygen atoms in total. The molecule has 3 aromatic heterocycles. The SMILES string of the molecule is Cc1nn(Cc2ccc(F)cc2)c2sc(C(=O)NNC(=O)c3cccnc3)cc12. The predicted octanol–water partition coefficient (Wildman–Crippen LogP) is 3.06. The molecule has 0 spiro atoms. The second-order valence-electron chi connectivity index (χ2n) is 6.35. The lowest BCUT2D eigenvalue weighted by atomic mass is 10.2. The number of nitrogens with one attached hydrogen (secondary N) is 2. The fourth-order valence-corrected chi connectivity index (χ4v) is 3.90. The van der Waals surface area contributed by atoms with Gasteiger partial charge in [-0.15, -0.1) is 11.3 Å². The molecule has 4 aromatic rings. The van der Waals surface area contributed by atoms with Gasteiger partial charge in [-0.3, -0.25) is 30.1 Å². The summed E-state index contributed by atoms with van der Waals surface area (Å²) in [6.45, 7) is 2.33. The quantitative estimate of drug-likeness (QED) is 0.507. The molecule has 0 saturated heterocycles. The predicted molar refractivity (Wildman–Crippen MR) is 107 cm³/mol. The first-order valence-corrected chi connectivity index (χ1v) is 9.55. The number of carbonyl (C=O) groups is 2. The van der Waals surface area contributed by atoms with Crippen LogP contribution in [0.3, 0.4) is 0 Å². The summed E-state index contributed by atoms with van der Waals surface area (Å²) in [6, 6.07) is 11.2. The topological polar surface area (TPSA) is 88.9 Å². The minimum atomic E-state index is -0.453. The molecule has 0 aliphatic heterocycles. The molecule has 0 fully saturated rings. The Kier molecular flexibility index (Phi) is 5.05. The molecule has 9 heteroatoms. The number of aromatic nitrogens is 3. The van der Waals surface area contributed by atoms with E-state index >= 15 is 0 Å². The molecule has 2 amide bonds. The van der Waals surface area contributed by atoms with Gasteiger partial charge in [-0.05, 0) is 42.8 Å². The number of hydrogen-bond donors (Lipinski definition) is 2. The molecule has 3 heterocycles. The minimum absolute atomic E-state index is 0.293. The van der Waals surface area contributed by atoms with Crippen LogP contribution in [0.5, 0.6) is 0 Å². The van der Waals surface area contributed by atoms with Crippen molar-refractivity contribution in [3.8, 4) is 0 Å². The lowest BCUT2D eigenvalue weighted by Gasteiger charge is -2.06. The van der Waals surface area contributed by atoms with Crippen LogP contribution in [0.1, 0.15) is 31.3 Å². The first-order chi connectivity index (χ1) is 14.0. The van der Waals surface area contributed by atoms with Crippen molar-refractivity contribution >= 4 is 33.4 Å². The van der Waals surface area contributed by atoms with E-state index in [-0.39, 0.29) is 5.82 Å². The standard InChI is InChI=1S/C20H16FN5O2S/c1-12-16-9-17(19(28)24-23-18(27)14-3-2-8-22-10-14)29-20(16)26(25-12)11-13-4-6-15(21)7-5-13/h2-10H,11H2,1H3,(H,23,27)(H,24,28). The number of hydrogen-bond acceptors (Lipinski definition) is 5. The molecule has 1 aromatic carbocycles. The Labute approximate surface area is 169 Å². The van der Waals surface area contributed by atoms with E-state index in [1.165, 1.54) is 29.7 Å². The summed E-state index contributed by atoms with van der Waals surface area (Å²) >= 11 is 1.27.